The SMILES string of the molecule is O=[N+]([O-])c1ccc(Nc2ccc(N3CCCC3)cc2)c([N+](=O)[O-])c1. The zero-order valence-corrected chi connectivity index (χ0v) is 12.8. The van der Waals surface area contributed by atoms with Crippen molar-refractivity contribution in [2.45, 2.75) is 12.8 Å². The van der Waals surface area contributed by atoms with Gasteiger partial charge < -0.3 is 10.2 Å². The highest BCUT2D eigenvalue weighted by Gasteiger charge is 2.19. The third-order valence-corrected chi connectivity index (χ3v) is 4.01. The Morgan fingerprint density at radius 1 is 0.917 bits per heavy atom. The minimum absolute atomic E-state index is 0.222. The van der Waals surface area contributed by atoms with Crippen molar-refractivity contribution < 1.29 is 9.85 Å². The molecule has 8 heteroatoms. The smallest absolute Gasteiger partial charge is 0.299 e. The van der Waals surface area contributed by atoms with Crippen molar-refractivity contribution in [2.75, 3.05) is 23.3 Å². The van der Waals surface area contributed by atoms with E-state index in [-0.39, 0.29) is 17.1 Å². The molecule has 3 rings (SSSR count). The first kappa shape index (κ1) is 15.7. The second-order valence-electron chi connectivity index (χ2n) is 5.58. The van der Waals surface area contributed by atoms with E-state index in [1.165, 1.54) is 25.0 Å². The zero-order valence-electron chi connectivity index (χ0n) is 12.8. The first-order chi connectivity index (χ1) is 11.5. The summed E-state index contributed by atoms with van der Waals surface area (Å²) in [5.74, 6) is 0. The van der Waals surface area contributed by atoms with Crippen LogP contribution in [0.4, 0.5) is 28.4 Å². The maximum Gasteiger partial charge on any atom is 0.299 e. The van der Waals surface area contributed by atoms with Crippen LogP contribution in [0.1, 0.15) is 12.8 Å². The van der Waals surface area contributed by atoms with Crippen LogP contribution in [0.25, 0.3) is 0 Å². The van der Waals surface area contributed by atoms with Crippen LogP contribution in [0.3, 0.4) is 0 Å². The van der Waals surface area contributed by atoms with Gasteiger partial charge in [0.25, 0.3) is 11.4 Å². The lowest BCUT2D eigenvalue weighted by Gasteiger charge is -2.18. The molecule has 1 N–H and O–H groups in total. The van der Waals surface area contributed by atoms with Gasteiger partial charge in [0.05, 0.1) is 15.9 Å². The van der Waals surface area contributed by atoms with E-state index in [4.69, 9.17) is 0 Å². The van der Waals surface area contributed by atoms with Gasteiger partial charge in [0.15, 0.2) is 0 Å². The zero-order chi connectivity index (χ0) is 17.1. The molecular formula is C16H16N4O4. The van der Waals surface area contributed by atoms with Gasteiger partial charge in [-0.2, -0.15) is 0 Å². The number of nitrogens with zero attached hydrogens (tertiary/aromatic N) is 3. The van der Waals surface area contributed by atoms with Gasteiger partial charge in [-0.3, -0.25) is 20.2 Å². The first-order valence-electron chi connectivity index (χ1n) is 7.59. The second kappa shape index (κ2) is 6.53. The largest absolute Gasteiger partial charge is 0.372 e. The molecule has 0 atom stereocenters. The van der Waals surface area contributed by atoms with E-state index in [2.05, 4.69) is 10.2 Å². The van der Waals surface area contributed by atoms with Crippen molar-refractivity contribution in [2.24, 2.45) is 0 Å². The highest BCUT2D eigenvalue weighted by atomic mass is 16.6. The summed E-state index contributed by atoms with van der Waals surface area (Å²) in [5.41, 5.74) is 1.40. The highest BCUT2D eigenvalue weighted by Crippen LogP contribution is 2.32. The standard InChI is InChI=1S/C16H16N4O4/c21-19(22)14-7-8-15(16(11-14)20(23)24)17-12-3-5-13(6-4-12)18-9-1-2-10-18/h3-8,11,17H,1-2,9-10H2. The number of rotatable bonds is 5. The first-order valence-corrected chi connectivity index (χ1v) is 7.59. The van der Waals surface area contributed by atoms with Crippen LogP contribution in [-0.4, -0.2) is 22.9 Å². The molecule has 0 saturated carbocycles. The third-order valence-electron chi connectivity index (χ3n) is 4.01. The molecule has 124 valence electrons. The molecule has 8 nitrogen and oxygen atoms in total. The molecule has 0 radical (unpaired) electrons. The number of hydrogen-bond donors (Lipinski definition) is 1. The van der Waals surface area contributed by atoms with E-state index in [0.717, 1.165) is 24.8 Å². The molecule has 1 heterocycles. The molecule has 1 saturated heterocycles. The van der Waals surface area contributed by atoms with Crippen LogP contribution >= 0.6 is 0 Å². The van der Waals surface area contributed by atoms with Crippen molar-refractivity contribution in [1.29, 1.82) is 0 Å². The van der Waals surface area contributed by atoms with Crippen LogP contribution in [0.5, 0.6) is 0 Å². The van der Waals surface area contributed by atoms with Crippen LogP contribution in [0.2, 0.25) is 0 Å². The number of hydrogen-bond acceptors (Lipinski definition) is 6. The minimum Gasteiger partial charge on any atom is -0.372 e. The van der Waals surface area contributed by atoms with Gasteiger partial charge in [0.1, 0.15) is 5.69 Å². The summed E-state index contributed by atoms with van der Waals surface area (Å²) in [6.45, 7) is 2.08. The normalized spacial score (nSPS) is 13.8. The Balaban J connectivity index is 1.82. The van der Waals surface area contributed by atoms with Gasteiger partial charge in [-0.1, -0.05) is 0 Å². The third kappa shape index (κ3) is 3.27. The monoisotopic (exact) mass is 328 g/mol. The molecular weight excluding hydrogens is 312 g/mol. The predicted molar refractivity (Wildman–Crippen MR) is 90.9 cm³/mol. The molecule has 0 spiro atoms. The van der Waals surface area contributed by atoms with Crippen molar-refractivity contribution in [3.05, 3.63) is 62.7 Å². The topological polar surface area (TPSA) is 102 Å². The van der Waals surface area contributed by atoms with E-state index >= 15 is 0 Å². The van der Waals surface area contributed by atoms with Crippen molar-refractivity contribution in [3.63, 3.8) is 0 Å². The number of nitro groups is 2. The Kier molecular flexibility index (Phi) is 4.28. The number of non-ortho nitro benzene ring substituents is 1. The lowest BCUT2D eigenvalue weighted by molar-refractivity contribution is -0.393. The molecule has 2 aromatic rings. The lowest BCUT2D eigenvalue weighted by Crippen LogP contribution is -2.17. The molecule has 0 aliphatic carbocycles. The average Bonchev–Trinajstić information content (AvgIpc) is 3.10. The summed E-state index contributed by atoms with van der Waals surface area (Å²) < 4.78 is 0. The van der Waals surface area contributed by atoms with Gasteiger partial charge in [-0.25, -0.2) is 0 Å². The quantitative estimate of drug-likeness (QED) is 0.661. The minimum atomic E-state index is -0.651. The number of nitrogens with one attached hydrogen (secondary N) is 1. The molecule has 24 heavy (non-hydrogen) atoms. The molecule has 1 aliphatic rings. The average molecular weight is 328 g/mol. The Bertz CT molecular complexity index is 770. The Morgan fingerprint density at radius 3 is 2.17 bits per heavy atom. The van der Waals surface area contributed by atoms with Gasteiger partial charge in [0.2, 0.25) is 0 Å². The Morgan fingerprint density at radius 2 is 1.58 bits per heavy atom. The number of anilines is 3. The predicted octanol–water partition coefficient (Wildman–Crippen LogP) is 3.85. The van der Waals surface area contributed by atoms with E-state index < -0.39 is 9.85 Å². The molecule has 0 aromatic heterocycles. The summed E-state index contributed by atoms with van der Waals surface area (Å²) in [5, 5.41) is 24.9. The number of nitro benzene ring substituents is 2. The summed E-state index contributed by atoms with van der Waals surface area (Å²) in [6.07, 6.45) is 2.38. The fourth-order valence-corrected chi connectivity index (χ4v) is 2.78. The van der Waals surface area contributed by atoms with E-state index in [0.29, 0.717) is 5.69 Å². The summed E-state index contributed by atoms with van der Waals surface area (Å²) >= 11 is 0. The summed E-state index contributed by atoms with van der Waals surface area (Å²) in [6, 6.07) is 11.2. The van der Waals surface area contributed by atoms with Gasteiger partial charge in [-0.05, 0) is 43.2 Å². The maximum absolute atomic E-state index is 11.2. The highest BCUT2D eigenvalue weighted by molar-refractivity contribution is 5.72. The summed E-state index contributed by atoms with van der Waals surface area (Å²) in [7, 11) is 0. The van der Waals surface area contributed by atoms with E-state index in [9.17, 15) is 20.2 Å². The fraction of sp³-hybridized carbons (Fsp3) is 0.250. The molecule has 0 unspecified atom stereocenters. The Labute approximate surface area is 138 Å². The molecule has 1 aliphatic heterocycles. The van der Waals surface area contributed by atoms with Gasteiger partial charge in [0, 0.05) is 30.5 Å². The Hall–Kier alpha value is -3.16. The van der Waals surface area contributed by atoms with Crippen molar-refractivity contribution in [3.8, 4) is 0 Å². The molecule has 0 bridgehead atoms. The number of benzene rings is 2. The van der Waals surface area contributed by atoms with Crippen LogP contribution in [0.15, 0.2) is 42.5 Å². The molecule has 0 amide bonds. The van der Waals surface area contributed by atoms with Crippen molar-refractivity contribution >= 4 is 28.4 Å². The van der Waals surface area contributed by atoms with Crippen LogP contribution < -0.4 is 10.2 Å². The van der Waals surface area contributed by atoms with Crippen LogP contribution in [-0.2, 0) is 0 Å². The fourth-order valence-electron chi connectivity index (χ4n) is 2.78. The summed E-state index contributed by atoms with van der Waals surface area (Å²) in [4.78, 5) is 22.9. The van der Waals surface area contributed by atoms with E-state index in [1.807, 2.05) is 24.3 Å². The van der Waals surface area contributed by atoms with Crippen molar-refractivity contribution in [1.82, 2.24) is 0 Å². The van der Waals surface area contributed by atoms with Gasteiger partial charge in [-0.15, -0.1) is 0 Å². The van der Waals surface area contributed by atoms with E-state index in [1.54, 1.807) is 0 Å². The maximum atomic E-state index is 11.2. The molecule has 1 fully saturated rings. The lowest BCUT2D eigenvalue weighted by atomic mass is 10.2. The van der Waals surface area contributed by atoms with Crippen LogP contribution in [0, 0.1) is 20.2 Å². The molecule has 2 aromatic carbocycles. The van der Waals surface area contributed by atoms with Gasteiger partial charge >= 0.3 is 0 Å². The second-order valence-corrected chi connectivity index (χ2v) is 5.58.